The Balaban J connectivity index is 2.37. The zero-order valence-corrected chi connectivity index (χ0v) is 10.7. The largest absolute Gasteiger partial charge is 0.316 e. The van der Waals surface area contributed by atoms with Crippen molar-refractivity contribution >= 4 is 0 Å². The Morgan fingerprint density at radius 2 is 1.94 bits per heavy atom. The molecular formula is C14H19N3. The normalized spacial score (nSPS) is 10.8. The van der Waals surface area contributed by atoms with E-state index in [1.165, 1.54) is 16.7 Å². The monoisotopic (exact) mass is 229 g/mol. The van der Waals surface area contributed by atoms with Crippen molar-refractivity contribution in [2.24, 2.45) is 7.05 Å². The third-order valence-corrected chi connectivity index (χ3v) is 2.91. The summed E-state index contributed by atoms with van der Waals surface area (Å²) in [6.45, 7) is 3.01. The summed E-state index contributed by atoms with van der Waals surface area (Å²) in [5.74, 6) is 0. The van der Waals surface area contributed by atoms with Crippen LogP contribution in [-0.2, 0) is 20.0 Å². The molecule has 17 heavy (non-hydrogen) atoms. The maximum atomic E-state index is 4.53. The Hall–Kier alpha value is -1.61. The third kappa shape index (κ3) is 2.56. The first kappa shape index (κ1) is 11.9. The Morgan fingerprint density at radius 1 is 1.24 bits per heavy atom. The summed E-state index contributed by atoms with van der Waals surface area (Å²) in [6, 6.07) is 8.65. The van der Waals surface area contributed by atoms with Gasteiger partial charge in [-0.25, -0.2) is 0 Å². The van der Waals surface area contributed by atoms with E-state index < -0.39 is 0 Å². The lowest BCUT2D eigenvalue weighted by atomic mass is 10.1. The van der Waals surface area contributed by atoms with Crippen LogP contribution in [0, 0.1) is 0 Å². The molecule has 2 rings (SSSR count). The minimum absolute atomic E-state index is 0.846. The van der Waals surface area contributed by atoms with Gasteiger partial charge in [0.15, 0.2) is 0 Å². The fourth-order valence-electron chi connectivity index (χ4n) is 2.00. The number of benzene rings is 1. The summed E-state index contributed by atoms with van der Waals surface area (Å²) in [6.07, 6.45) is 3.14. The molecule has 0 fully saturated rings. The lowest BCUT2D eigenvalue weighted by Gasteiger charge is -2.03. The van der Waals surface area contributed by atoms with Crippen LogP contribution in [-0.4, -0.2) is 16.8 Å². The van der Waals surface area contributed by atoms with Gasteiger partial charge >= 0.3 is 0 Å². The van der Waals surface area contributed by atoms with E-state index in [-0.39, 0.29) is 0 Å². The first-order chi connectivity index (χ1) is 8.24. The van der Waals surface area contributed by atoms with Crippen LogP contribution in [0.25, 0.3) is 11.3 Å². The Labute approximate surface area is 102 Å². The highest BCUT2D eigenvalue weighted by molar-refractivity contribution is 5.63. The van der Waals surface area contributed by atoms with E-state index in [1.807, 2.05) is 18.8 Å². The standard InChI is InChI=1S/C14H19N3/c1-4-11-5-7-12(8-6-11)14-13(9-15-2)10-17(3)16-14/h5-8,10,15H,4,9H2,1-3H3. The van der Waals surface area contributed by atoms with Gasteiger partial charge in [0.25, 0.3) is 0 Å². The van der Waals surface area contributed by atoms with E-state index in [2.05, 4.69) is 47.8 Å². The van der Waals surface area contributed by atoms with Crippen LogP contribution in [0.15, 0.2) is 30.5 Å². The molecule has 1 aromatic heterocycles. The summed E-state index contributed by atoms with van der Waals surface area (Å²) < 4.78 is 1.87. The van der Waals surface area contributed by atoms with Gasteiger partial charge in [-0.1, -0.05) is 31.2 Å². The van der Waals surface area contributed by atoms with Crippen molar-refractivity contribution in [2.75, 3.05) is 7.05 Å². The molecule has 0 aliphatic heterocycles. The molecule has 0 bridgehead atoms. The average molecular weight is 229 g/mol. The Morgan fingerprint density at radius 3 is 2.53 bits per heavy atom. The number of nitrogens with zero attached hydrogens (tertiary/aromatic N) is 2. The molecule has 1 heterocycles. The second-order valence-electron chi connectivity index (χ2n) is 4.26. The van der Waals surface area contributed by atoms with Crippen LogP contribution in [0.5, 0.6) is 0 Å². The van der Waals surface area contributed by atoms with E-state index in [0.29, 0.717) is 0 Å². The van der Waals surface area contributed by atoms with Gasteiger partial charge in [-0.2, -0.15) is 5.10 Å². The second kappa shape index (κ2) is 5.15. The van der Waals surface area contributed by atoms with Crippen molar-refractivity contribution in [3.63, 3.8) is 0 Å². The van der Waals surface area contributed by atoms with Crippen LogP contribution in [0.4, 0.5) is 0 Å². The summed E-state index contributed by atoms with van der Waals surface area (Å²) >= 11 is 0. The highest BCUT2D eigenvalue weighted by Gasteiger charge is 2.08. The quantitative estimate of drug-likeness (QED) is 0.872. The number of hydrogen-bond acceptors (Lipinski definition) is 2. The maximum absolute atomic E-state index is 4.53. The summed E-state index contributed by atoms with van der Waals surface area (Å²) in [5.41, 5.74) is 4.86. The van der Waals surface area contributed by atoms with E-state index in [9.17, 15) is 0 Å². The highest BCUT2D eigenvalue weighted by Crippen LogP contribution is 2.22. The van der Waals surface area contributed by atoms with Crippen molar-refractivity contribution in [3.8, 4) is 11.3 Å². The van der Waals surface area contributed by atoms with Crippen LogP contribution >= 0.6 is 0 Å². The maximum Gasteiger partial charge on any atom is 0.0967 e. The molecule has 1 N–H and O–H groups in total. The molecule has 0 amide bonds. The molecule has 3 heteroatoms. The molecule has 0 atom stereocenters. The van der Waals surface area contributed by atoms with Crippen LogP contribution in [0.1, 0.15) is 18.1 Å². The van der Waals surface area contributed by atoms with Crippen LogP contribution < -0.4 is 5.32 Å². The van der Waals surface area contributed by atoms with Crippen molar-refractivity contribution < 1.29 is 0 Å². The van der Waals surface area contributed by atoms with E-state index >= 15 is 0 Å². The predicted molar refractivity (Wildman–Crippen MR) is 70.8 cm³/mol. The van der Waals surface area contributed by atoms with Gasteiger partial charge in [0, 0.05) is 30.9 Å². The molecule has 0 aliphatic carbocycles. The molecule has 0 radical (unpaired) electrons. The Kier molecular flexibility index (Phi) is 3.59. The molecule has 0 unspecified atom stereocenters. The smallest absolute Gasteiger partial charge is 0.0967 e. The third-order valence-electron chi connectivity index (χ3n) is 2.91. The molecular weight excluding hydrogens is 210 g/mol. The zero-order chi connectivity index (χ0) is 12.3. The van der Waals surface area contributed by atoms with Crippen molar-refractivity contribution in [2.45, 2.75) is 19.9 Å². The summed E-state index contributed by atoms with van der Waals surface area (Å²) in [4.78, 5) is 0. The molecule has 90 valence electrons. The minimum atomic E-state index is 0.846. The first-order valence-electron chi connectivity index (χ1n) is 6.01. The molecule has 0 saturated heterocycles. The van der Waals surface area contributed by atoms with E-state index in [0.717, 1.165) is 18.7 Å². The van der Waals surface area contributed by atoms with Crippen molar-refractivity contribution in [1.82, 2.24) is 15.1 Å². The summed E-state index contributed by atoms with van der Waals surface area (Å²) in [5, 5.41) is 7.71. The molecule has 2 aromatic rings. The lowest BCUT2D eigenvalue weighted by Crippen LogP contribution is -2.05. The molecule has 0 aliphatic rings. The van der Waals surface area contributed by atoms with E-state index in [4.69, 9.17) is 0 Å². The Bertz CT molecular complexity index is 483. The molecule has 1 aromatic carbocycles. The van der Waals surface area contributed by atoms with Gasteiger partial charge in [-0.15, -0.1) is 0 Å². The lowest BCUT2D eigenvalue weighted by molar-refractivity contribution is 0.765. The van der Waals surface area contributed by atoms with Gasteiger partial charge in [0.1, 0.15) is 0 Å². The molecule has 0 spiro atoms. The first-order valence-corrected chi connectivity index (χ1v) is 6.01. The SMILES string of the molecule is CCc1ccc(-c2nn(C)cc2CNC)cc1. The van der Waals surface area contributed by atoms with E-state index in [1.54, 1.807) is 0 Å². The van der Waals surface area contributed by atoms with Gasteiger partial charge < -0.3 is 5.32 Å². The second-order valence-corrected chi connectivity index (χ2v) is 4.26. The topological polar surface area (TPSA) is 29.9 Å². The number of aryl methyl sites for hydroxylation is 2. The van der Waals surface area contributed by atoms with Gasteiger partial charge in [0.2, 0.25) is 0 Å². The number of nitrogens with one attached hydrogen (secondary N) is 1. The molecule has 3 nitrogen and oxygen atoms in total. The van der Waals surface area contributed by atoms with Gasteiger partial charge in [-0.3, -0.25) is 4.68 Å². The predicted octanol–water partition coefficient (Wildman–Crippen LogP) is 2.37. The van der Waals surface area contributed by atoms with Crippen LogP contribution in [0.2, 0.25) is 0 Å². The number of hydrogen-bond donors (Lipinski definition) is 1. The number of aromatic nitrogens is 2. The summed E-state index contributed by atoms with van der Waals surface area (Å²) in [7, 11) is 3.92. The number of rotatable bonds is 4. The minimum Gasteiger partial charge on any atom is -0.316 e. The van der Waals surface area contributed by atoms with Gasteiger partial charge in [-0.05, 0) is 19.0 Å². The molecule has 0 saturated carbocycles. The van der Waals surface area contributed by atoms with Crippen molar-refractivity contribution in [1.29, 1.82) is 0 Å². The van der Waals surface area contributed by atoms with Crippen LogP contribution in [0.3, 0.4) is 0 Å². The van der Waals surface area contributed by atoms with Gasteiger partial charge in [0.05, 0.1) is 5.69 Å². The fraction of sp³-hybridized carbons (Fsp3) is 0.357. The van der Waals surface area contributed by atoms with Crippen molar-refractivity contribution in [3.05, 3.63) is 41.6 Å². The highest BCUT2D eigenvalue weighted by atomic mass is 15.3. The zero-order valence-electron chi connectivity index (χ0n) is 10.7. The fourth-order valence-corrected chi connectivity index (χ4v) is 2.00. The average Bonchev–Trinajstić information content (AvgIpc) is 2.71.